The Kier molecular flexibility index (Phi) is 4.29. The average molecular weight is 281 g/mol. The van der Waals surface area contributed by atoms with Gasteiger partial charge in [0.1, 0.15) is 11.6 Å². The largest absolute Gasteiger partial charge is 0.434 e. The molecule has 7 heteroatoms. The molecule has 1 amide bonds. The molecule has 2 rings (SSSR count). The number of para-hydroxylation sites is 1. The van der Waals surface area contributed by atoms with E-state index in [1.807, 2.05) is 0 Å². The Bertz CT molecular complexity index is 573. The van der Waals surface area contributed by atoms with Crippen molar-refractivity contribution in [2.45, 2.75) is 19.6 Å². The molecule has 0 aliphatic heterocycles. The van der Waals surface area contributed by atoms with E-state index in [0.717, 1.165) is 0 Å². The van der Waals surface area contributed by atoms with Crippen molar-refractivity contribution in [3.63, 3.8) is 0 Å². The Hall–Kier alpha value is -2.44. The molecule has 0 aliphatic rings. The number of imidazole rings is 1. The molecule has 0 spiro atoms. The first-order chi connectivity index (χ1) is 9.58. The molecule has 106 valence electrons. The van der Waals surface area contributed by atoms with Crippen LogP contribution in [0.1, 0.15) is 29.1 Å². The summed E-state index contributed by atoms with van der Waals surface area (Å²) in [6.07, 6.45) is 3.19. The lowest BCUT2D eigenvalue weighted by Gasteiger charge is -2.14. The first-order valence-electron chi connectivity index (χ1n) is 5.92. The van der Waals surface area contributed by atoms with Crippen LogP contribution in [-0.4, -0.2) is 22.5 Å². The normalized spacial score (nSPS) is 12.2. The van der Waals surface area contributed by atoms with E-state index >= 15 is 0 Å². The Labute approximate surface area is 114 Å². The number of aromatic nitrogens is 2. The molecule has 0 saturated heterocycles. The number of amides is 1. The van der Waals surface area contributed by atoms with Crippen LogP contribution < -0.4 is 10.1 Å². The van der Waals surface area contributed by atoms with Crippen LogP contribution in [0.4, 0.5) is 8.78 Å². The number of hydrogen-bond donors (Lipinski definition) is 2. The fraction of sp³-hybridized carbons (Fsp3) is 0.231. The van der Waals surface area contributed by atoms with E-state index in [0.29, 0.717) is 5.82 Å². The second kappa shape index (κ2) is 6.14. The maximum Gasteiger partial charge on any atom is 0.387 e. The average Bonchev–Trinajstić information content (AvgIpc) is 2.92. The van der Waals surface area contributed by atoms with E-state index in [1.54, 1.807) is 25.4 Å². The molecule has 0 saturated carbocycles. The summed E-state index contributed by atoms with van der Waals surface area (Å²) in [5.74, 6) is -0.0950. The summed E-state index contributed by atoms with van der Waals surface area (Å²) in [5, 5.41) is 2.65. The maximum absolute atomic E-state index is 12.3. The number of H-pyrrole nitrogens is 1. The number of nitrogens with zero attached hydrogens (tertiary/aromatic N) is 1. The zero-order chi connectivity index (χ0) is 14.5. The van der Waals surface area contributed by atoms with Crippen LogP contribution in [0.15, 0.2) is 36.7 Å². The van der Waals surface area contributed by atoms with Crippen LogP contribution in [0.2, 0.25) is 0 Å². The fourth-order valence-corrected chi connectivity index (χ4v) is 1.71. The van der Waals surface area contributed by atoms with Crippen LogP contribution in [0.5, 0.6) is 5.75 Å². The molecular weight excluding hydrogens is 268 g/mol. The topological polar surface area (TPSA) is 67.0 Å². The molecule has 1 unspecified atom stereocenters. The molecule has 0 fully saturated rings. The van der Waals surface area contributed by atoms with E-state index < -0.39 is 12.5 Å². The van der Waals surface area contributed by atoms with Gasteiger partial charge in [0, 0.05) is 12.4 Å². The van der Waals surface area contributed by atoms with E-state index in [2.05, 4.69) is 20.0 Å². The maximum atomic E-state index is 12.3. The highest BCUT2D eigenvalue weighted by molar-refractivity contribution is 5.97. The van der Waals surface area contributed by atoms with Crippen LogP contribution in [0.25, 0.3) is 0 Å². The quantitative estimate of drug-likeness (QED) is 0.884. The summed E-state index contributed by atoms with van der Waals surface area (Å²) >= 11 is 0. The van der Waals surface area contributed by atoms with Crippen LogP contribution in [-0.2, 0) is 0 Å². The number of benzene rings is 1. The van der Waals surface area contributed by atoms with Crippen molar-refractivity contribution >= 4 is 5.91 Å². The Balaban J connectivity index is 2.13. The minimum atomic E-state index is -2.98. The monoisotopic (exact) mass is 281 g/mol. The smallest absolute Gasteiger partial charge is 0.387 e. The summed E-state index contributed by atoms with van der Waals surface area (Å²) in [4.78, 5) is 19.0. The highest BCUT2D eigenvalue weighted by Crippen LogP contribution is 2.21. The number of hydrogen-bond acceptors (Lipinski definition) is 3. The lowest BCUT2D eigenvalue weighted by atomic mass is 10.1. The minimum absolute atomic E-state index is 0.0474. The van der Waals surface area contributed by atoms with Gasteiger partial charge in [-0.25, -0.2) is 4.98 Å². The molecule has 0 aliphatic carbocycles. The molecule has 1 heterocycles. The van der Waals surface area contributed by atoms with Gasteiger partial charge in [0.15, 0.2) is 0 Å². The lowest BCUT2D eigenvalue weighted by Crippen LogP contribution is -2.28. The van der Waals surface area contributed by atoms with Crippen molar-refractivity contribution in [2.24, 2.45) is 0 Å². The Morgan fingerprint density at radius 1 is 1.40 bits per heavy atom. The van der Waals surface area contributed by atoms with Gasteiger partial charge in [-0.15, -0.1) is 0 Å². The van der Waals surface area contributed by atoms with Gasteiger partial charge in [-0.1, -0.05) is 12.1 Å². The number of rotatable bonds is 5. The molecular formula is C13H13F2N3O2. The molecule has 5 nitrogen and oxygen atoms in total. The Morgan fingerprint density at radius 3 is 2.80 bits per heavy atom. The molecule has 2 aromatic rings. The molecule has 1 atom stereocenters. The van der Waals surface area contributed by atoms with Gasteiger partial charge in [0.05, 0.1) is 11.6 Å². The third-order valence-electron chi connectivity index (χ3n) is 2.62. The third-order valence-corrected chi connectivity index (χ3v) is 2.62. The highest BCUT2D eigenvalue weighted by Gasteiger charge is 2.18. The molecule has 20 heavy (non-hydrogen) atoms. The summed E-state index contributed by atoms with van der Waals surface area (Å²) in [7, 11) is 0. The van der Waals surface area contributed by atoms with Crippen LogP contribution >= 0.6 is 0 Å². The van der Waals surface area contributed by atoms with Crippen molar-refractivity contribution < 1.29 is 18.3 Å². The van der Waals surface area contributed by atoms with Crippen molar-refractivity contribution in [3.05, 3.63) is 48.0 Å². The van der Waals surface area contributed by atoms with Gasteiger partial charge >= 0.3 is 6.61 Å². The number of alkyl halides is 2. The molecule has 0 bridgehead atoms. The first kappa shape index (κ1) is 14.0. The predicted octanol–water partition coefficient (Wildman–Crippen LogP) is 2.50. The van der Waals surface area contributed by atoms with Crippen molar-refractivity contribution in [2.75, 3.05) is 0 Å². The van der Waals surface area contributed by atoms with E-state index in [1.165, 1.54) is 18.2 Å². The number of nitrogens with one attached hydrogen (secondary N) is 2. The molecule has 1 aromatic carbocycles. The summed E-state index contributed by atoms with van der Waals surface area (Å²) < 4.78 is 28.9. The SMILES string of the molecule is CC(NC(=O)c1ccccc1OC(F)F)c1ncc[nH]1. The van der Waals surface area contributed by atoms with Crippen molar-refractivity contribution in [1.82, 2.24) is 15.3 Å². The van der Waals surface area contributed by atoms with Gasteiger partial charge in [-0.2, -0.15) is 8.78 Å². The number of aromatic amines is 1. The minimum Gasteiger partial charge on any atom is -0.434 e. The van der Waals surface area contributed by atoms with Gasteiger partial charge in [0.25, 0.3) is 5.91 Å². The predicted molar refractivity (Wildman–Crippen MR) is 67.5 cm³/mol. The van der Waals surface area contributed by atoms with Crippen LogP contribution in [0.3, 0.4) is 0 Å². The number of carbonyl (C=O) groups is 1. The van der Waals surface area contributed by atoms with E-state index in [9.17, 15) is 13.6 Å². The second-order valence-electron chi connectivity index (χ2n) is 4.04. The van der Waals surface area contributed by atoms with E-state index in [-0.39, 0.29) is 17.4 Å². The summed E-state index contributed by atoms with van der Waals surface area (Å²) in [6.45, 7) is -1.25. The van der Waals surface area contributed by atoms with Gasteiger partial charge in [0.2, 0.25) is 0 Å². The zero-order valence-electron chi connectivity index (χ0n) is 10.6. The summed E-state index contributed by atoms with van der Waals surface area (Å²) in [5.41, 5.74) is 0.0474. The number of ether oxygens (including phenoxy) is 1. The zero-order valence-corrected chi connectivity index (χ0v) is 10.6. The number of halogens is 2. The highest BCUT2D eigenvalue weighted by atomic mass is 19.3. The molecule has 0 radical (unpaired) electrons. The molecule has 2 N–H and O–H groups in total. The van der Waals surface area contributed by atoms with Gasteiger partial charge < -0.3 is 15.0 Å². The van der Waals surface area contributed by atoms with E-state index in [4.69, 9.17) is 0 Å². The first-order valence-corrected chi connectivity index (χ1v) is 5.92. The van der Waals surface area contributed by atoms with Gasteiger partial charge in [-0.3, -0.25) is 4.79 Å². The fourth-order valence-electron chi connectivity index (χ4n) is 1.71. The van der Waals surface area contributed by atoms with Gasteiger partial charge in [-0.05, 0) is 19.1 Å². The van der Waals surface area contributed by atoms with Crippen molar-refractivity contribution in [1.29, 1.82) is 0 Å². The molecule has 1 aromatic heterocycles. The Morgan fingerprint density at radius 2 is 2.15 bits per heavy atom. The second-order valence-corrected chi connectivity index (χ2v) is 4.04. The number of carbonyl (C=O) groups excluding carboxylic acids is 1. The summed E-state index contributed by atoms with van der Waals surface area (Å²) in [6, 6.07) is 5.45. The third kappa shape index (κ3) is 3.31. The van der Waals surface area contributed by atoms with Crippen molar-refractivity contribution in [3.8, 4) is 5.75 Å². The standard InChI is InChI=1S/C13H13F2N3O2/c1-8(11-16-6-7-17-11)18-12(19)9-4-2-3-5-10(9)20-13(14)15/h2-8,13H,1H3,(H,16,17)(H,18,19). The lowest BCUT2D eigenvalue weighted by molar-refractivity contribution is -0.0501. The van der Waals surface area contributed by atoms with Crippen LogP contribution in [0, 0.1) is 0 Å².